The number of carboxylic acid groups (broad SMARTS) is 1. The van der Waals surface area contributed by atoms with Crippen molar-refractivity contribution in [1.82, 2.24) is 0 Å². The first-order chi connectivity index (χ1) is 7.95. The SMILES string of the molecule is CC(C)CCCC[C@@H](C)C[C@H](CN)CC(=O)O. The molecule has 0 spiro atoms. The molecule has 0 aliphatic carbocycles. The normalized spacial score (nSPS) is 14.9. The molecule has 2 atom stereocenters. The zero-order chi connectivity index (χ0) is 13.3. The van der Waals surface area contributed by atoms with Crippen molar-refractivity contribution in [2.24, 2.45) is 23.5 Å². The molecular weight excluding hydrogens is 214 g/mol. The van der Waals surface area contributed by atoms with Gasteiger partial charge in [0.15, 0.2) is 0 Å². The molecule has 0 saturated heterocycles. The zero-order valence-corrected chi connectivity index (χ0v) is 11.6. The molecule has 3 nitrogen and oxygen atoms in total. The summed E-state index contributed by atoms with van der Waals surface area (Å²) in [6, 6.07) is 0. The van der Waals surface area contributed by atoms with Gasteiger partial charge in [0, 0.05) is 6.42 Å². The van der Waals surface area contributed by atoms with Crippen LogP contribution in [0.3, 0.4) is 0 Å². The Morgan fingerprint density at radius 1 is 1.18 bits per heavy atom. The molecule has 3 heteroatoms. The molecular formula is C14H29NO2. The molecule has 0 aromatic rings. The van der Waals surface area contributed by atoms with Crippen LogP contribution in [0.4, 0.5) is 0 Å². The quantitative estimate of drug-likeness (QED) is 0.579. The molecule has 0 aliphatic heterocycles. The van der Waals surface area contributed by atoms with Crippen LogP contribution in [0.1, 0.15) is 59.3 Å². The maximum atomic E-state index is 10.6. The fourth-order valence-corrected chi connectivity index (χ4v) is 2.24. The highest BCUT2D eigenvalue weighted by atomic mass is 16.4. The van der Waals surface area contributed by atoms with Gasteiger partial charge in [-0.1, -0.05) is 46.5 Å². The number of unbranched alkanes of at least 4 members (excludes halogenated alkanes) is 1. The van der Waals surface area contributed by atoms with Crippen LogP contribution in [-0.2, 0) is 4.79 Å². The Kier molecular flexibility index (Phi) is 9.14. The van der Waals surface area contributed by atoms with E-state index in [1.807, 2.05) is 0 Å². The monoisotopic (exact) mass is 243 g/mol. The molecule has 0 bridgehead atoms. The van der Waals surface area contributed by atoms with Gasteiger partial charge >= 0.3 is 5.97 Å². The summed E-state index contributed by atoms with van der Waals surface area (Å²) in [6.07, 6.45) is 6.19. The average molecular weight is 243 g/mol. The van der Waals surface area contributed by atoms with Gasteiger partial charge in [0.05, 0.1) is 0 Å². The van der Waals surface area contributed by atoms with Gasteiger partial charge in [-0.2, -0.15) is 0 Å². The van der Waals surface area contributed by atoms with Crippen LogP contribution in [-0.4, -0.2) is 17.6 Å². The van der Waals surface area contributed by atoms with Crippen LogP contribution in [0.5, 0.6) is 0 Å². The van der Waals surface area contributed by atoms with Crippen LogP contribution in [0.25, 0.3) is 0 Å². The van der Waals surface area contributed by atoms with Gasteiger partial charge in [-0.3, -0.25) is 4.79 Å². The minimum atomic E-state index is -0.729. The lowest BCUT2D eigenvalue weighted by Crippen LogP contribution is -2.20. The minimum Gasteiger partial charge on any atom is -0.481 e. The van der Waals surface area contributed by atoms with Gasteiger partial charge in [0.25, 0.3) is 0 Å². The molecule has 0 fully saturated rings. The predicted molar refractivity (Wildman–Crippen MR) is 71.9 cm³/mol. The lowest BCUT2D eigenvalue weighted by atomic mass is 9.89. The standard InChI is InChI=1S/C14H29NO2/c1-11(2)6-4-5-7-12(3)8-13(10-15)9-14(16)17/h11-13H,4-10,15H2,1-3H3,(H,16,17)/t12-,13+/m1/s1. The Bertz CT molecular complexity index is 204. The van der Waals surface area contributed by atoms with E-state index >= 15 is 0 Å². The smallest absolute Gasteiger partial charge is 0.303 e. The van der Waals surface area contributed by atoms with Crippen LogP contribution < -0.4 is 5.73 Å². The summed E-state index contributed by atoms with van der Waals surface area (Å²) in [6.45, 7) is 7.20. The van der Waals surface area contributed by atoms with Crippen LogP contribution in [0.15, 0.2) is 0 Å². The maximum Gasteiger partial charge on any atom is 0.303 e. The van der Waals surface area contributed by atoms with E-state index in [9.17, 15) is 4.79 Å². The lowest BCUT2D eigenvalue weighted by molar-refractivity contribution is -0.138. The highest BCUT2D eigenvalue weighted by Crippen LogP contribution is 2.20. The Morgan fingerprint density at radius 3 is 2.24 bits per heavy atom. The Morgan fingerprint density at radius 2 is 1.76 bits per heavy atom. The van der Waals surface area contributed by atoms with Crippen molar-refractivity contribution >= 4 is 5.97 Å². The lowest BCUT2D eigenvalue weighted by Gasteiger charge is -2.18. The Labute approximate surface area is 106 Å². The van der Waals surface area contributed by atoms with Gasteiger partial charge in [-0.15, -0.1) is 0 Å². The Hall–Kier alpha value is -0.570. The second-order valence-electron chi connectivity index (χ2n) is 5.72. The predicted octanol–water partition coefficient (Wildman–Crippen LogP) is 3.28. The Balaban J connectivity index is 3.67. The molecule has 0 unspecified atom stereocenters. The maximum absolute atomic E-state index is 10.6. The van der Waals surface area contributed by atoms with Crippen LogP contribution >= 0.6 is 0 Å². The first-order valence-corrected chi connectivity index (χ1v) is 6.87. The van der Waals surface area contributed by atoms with E-state index in [-0.39, 0.29) is 12.3 Å². The number of nitrogens with two attached hydrogens (primary N) is 1. The number of aliphatic carboxylic acids is 1. The van der Waals surface area contributed by atoms with Crippen molar-refractivity contribution in [2.75, 3.05) is 6.54 Å². The van der Waals surface area contributed by atoms with Crippen LogP contribution in [0.2, 0.25) is 0 Å². The number of rotatable bonds is 10. The summed E-state index contributed by atoms with van der Waals surface area (Å²) in [7, 11) is 0. The van der Waals surface area contributed by atoms with E-state index in [4.69, 9.17) is 10.8 Å². The van der Waals surface area contributed by atoms with Gasteiger partial charge in [0.2, 0.25) is 0 Å². The van der Waals surface area contributed by atoms with Crippen molar-refractivity contribution in [2.45, 2.75) is 59.3 Å². The minimum absolute atomic E-state index is 0.146. The number of hydrogen-bond acceptors (Lipinski definition) is 2. The zero-order valence-electron chi connectivity index (χ0n) is 11.6. The summed E-state index contributed by atoms with van der Waals surface area (Å²) in [4.78, 5) is 10.6. The first kappa shape index (κ1) is 16.4. The van der Waals surface area contributed by atoms with Crippen LogP contribution in [0, 0.1) is 17.8 Å². The number of hydrogen-bond donors (Lipinski definition) is 2. The van der Waals surface area contributed by atoms with Gasteiger partial charge in [-0.05, 0) is 30.7 Å². The summed E-state index contributed by atoms with van der Waals surface area (Å²) >= 11 is 0. The van der Waals surface area contributed by atoms with Gasteiger partial charge in [-0.25, -0.2) is 0 Å². The van der Waals surface area contributed by atoms with Crippen molar-refractivity contribution < 1.29 is 9.90 Å². The second-order valence-corrected chi connectivity index (χ2v) is 5.72. The topological polar surface area (TPSA) is 63.3 Å². The van der Waals surface area contributed by atoms with Gasteiger partial charge < -0.3 is 10.8 Å². The van der Waals surface area contributed by atoms with Crippen molar-refractivity contribution in [3.05, 3.63) is 0 Å². The third-order valence-electron chi connectivity index (χ3n) is 3.26. The van der Waals surface area contributed by atoms with E-state index < -0.39 is 5.97 Å². The molecule has 0 heterocycles. The largest absolute Gasteiger partial charge is 0.481 e. The van der Waals surface area contributed by atoms with E-state index in [2.05, 4.69) is 20.8 Å². The molecule has 0 aliphatic rings. The van der Waals surface area contributed by atoms with Gasteiger partial charge in [0.1, 0.15) is 0 Å². The fraction of sp³-hybridized carbons (Fsp3) is 0.929. The molecule has 3 N–H and O–H groups in total. The highest BCUT2D eigenvalue weighted by molar-refractivity contribution is 5.67. The molecule has 0 aromatic carbocycles. The fourth-order valence-electron chi connectivity index (χ4n) is 2.24. The summed E-state index contributed by atoms with van der Waals surface area (Å²) in [5.41, 5.74) is 5.60. The first-order valence-electron chi connectivity index (χ1n) is 6.87. The summed E-state index contributed by atoms with van der Waals surface area (Å²) in [5, 5.41) is 8.75. The molecule has 0 radical (unpaired) electrons. The molecule has 0 aromatic heterocycles. The second kappa shape index (κ2) is 9.46. The van der Waals surface area contributed by atoms with Crippen molar-refractivity contribution in [3.63, 3.8) is 0 Å². The summed E-state index contributed by atoms with van der Waals surface area (Å²) < 4.78 is 0. The number of carboxylic acids is 1. The molecule has 0 amide bonds. The third-order valence-corrected chi connectivity index (χ3v) is 3.26. The van der Waals surface area contributed by atoms with Crippen molar-refractivity contribution in [1.29, 1.82) is 0 Å². The average Bonchev–Trinajstić information content (AvgIpc) is 2.22. The molecule has 0 rings (SSSR count). The third kappa shape index (κ3) is 10.3. The number of carbonyl (C=O) groups is 1. The van der Waals surface area contributed by atoms with Crippen molar-refractivity contribution in [3.8, 4) is 0 Å². The molecule has 102 valence electrons. The summed E-state index contributed by atoms with van der Waals surface area (Å²) in [5.74, 6) is 0.796. The van der Waals surface area contributed by atoms with E-state index in [1.165, 1.54) is 25.7 Å². The molecule has 17 heavy (non-hydrogen) atoms. The van der Waals surface area contributed by atoms with E-state index in [0.717, 1.165) is 12.3 Å². The molecule has 0 saturated carbocycles. The highest BCUT2D eigenvalue weighted by Gasteiger charge is 2.15. The van der Waals surface area contributed by atoms with E-state index in [1.54, 1.807) is 0 Å². The van der Waals surface area contributed by atoms with E-state index in [0.29, 0.717) is 12.5 Å².